The van der Waals surface area contributed by atoms with Crippen molar-refractivity contribution >= 4 is 23.2 Å². The Labute approximate surface area is 139 Å². The summed E-state index contributed by atoms with van der Waals surface area (Å²) < 4.78 is 10.7. The largest absolute Gasteiger partial charge is 0.496 e. The molecule has 3 rings (SSSR count). The molecular formula is C18H18N2O4. The van der Waals surface area contributed by atoms with Crippen molar-refractivity contribution in [2.45, 2.75) is 20.0 Å². The van der Waals surface area contributed by atoms with Gasteiger partial charge in [0.2, 0.25) is 0 Å². The Balaban J connectivity index is 1.80. The number of fused-ring (bicyclic) bond motifs is 1. The standard InChI is InChI=1S/C18H18N2O4/c1-10-4-5-12(8-16(10)23-3)18(22)19-13-6-7-15-14(9-13)20-17(21)11(2)24-15/h4-9,11H,1-3H3,(H,19,22)(H,20,21). The van der Waals surface area contributed by atoms with Crippen LogP contribution < -0.4 is 20.1 Å². The van der Waals surface area contributed by atoms with E-state index in [0.717, 1.165) is 5.56 Å². The van der Waals surface area contributed by atoms with Crippen LogP contribution in [0.4, 0.5) is 11.4 Å². The molecule has 0 radical (unpaired) electrons. The number of nitrogens with one attached hydrogen (secondary N) is 2. The summed E-state index contributed by atoms with van der Waals surface area (Å²) in [5.41, 5.74) is 2.55. The number of rotatable bonds is 3. The first kappa shape index (κ1) is 15.9. The number of aryl methyl sites for hydroxylation is 1. The second kappa shape index (κ2) is 6.23. The van der Waals surface area contributed by atoms with E-state index in [1.165, 1.54) is 0 Å². The zero-order chi connectivity index (χ0) is 17.3. The maximum Gasteiger partial charge on any atom is 0.265 e. The summed E-state index contributed by atoms with van der Waals surface area (Å²) >= 11 is 0. The highest BCUT2D eigenvalue weighted by atomic mass is 16.5. The van der Waals surface area contributed by atoms with E-state index in [-0.39, 0.29) is 11.8 Å². The van der Waals surface area contributed by atoms with Crippen LogP contribution in [0.25, 0.3) is 0 Å². The van der Waals surface area contributed by atoms with Gasteiger partial charge in [0, 0.05) is 11.3 Å². The van der Waals surface area contributed by atoms with Gasteiger partial charge in [-0.15, -0.1) is 0 Å². The average Bonchev–Trinajstić information content (AvgIpc) is 2.56. The first-order chi connectivity index (χ1) is 11.5. The summed E-state index contributed by atoms with van der Waals surface area (Å²) in [5.74, 6) is 0.763. The molecule has 6 heteroatoms. The third kappa shape index (κ3) is 3.03. The molecule has 2 aromatic rings. The number of anilines is 2. The Morgan fingerprint density at radius 3 is 2.79 bits per heavy atom. The van der Waals surface area contributed by atoms with Gasteiger partial charge in [-0.1, -0.05) is 6.07 Å². The van der Waals surface area contributed by atoms with Gasteiger partial charge in [-0.2, -0.15) is 0 Å². The molecule has 2 amide bonds. The minimum absolute atomic E-state index is 0.214. The van der Waals surface area contributed by atoms with Crippen LogP contribution in [0.1, 0.15) is 22.8 Å². The summed E-state index contributed by atoms with van der Waals surface area (Å²) in [6.45, 7) is 3.59. The van der Waals surface area contributed by atoms with Crippen molar-refractivity contribution in [2.24, 2.45) is 0 Å². The van der Waals surface area contributed by atoms with Crippen molar-refractivity contribution in [3.8, 4) is 11.5 Å². The smallest absolute Gasteiger partial charge is 0.265 e. The lowest BCUT2D eigenvalue weighted by molar-refractivity contribution is -0.122. The SMILES string of the molecule is COc1cc(C(=O)Nc2ccc3c(c2)NC(=O)C(C)O3)ccc1C. The molecule has 0 spiro atoms. The normalized spacial score (nSPS) is 15.8. The number of carbonyl (C=O) groups excluding carboxylic acids is 2. The second-order valence-electron chi connectivity index (χ2n) is 5.60. The van der Waals surface area contributed by atoms with Crippen molar-refractivity contribution in [3.63, 3.8) is 0 Å². The van der Waals surface area contributed by atoms with Gasteiger partial charge in [0.05, 0.1) is 12.8 Å². The summed E-state index contributed by atoms with van der Waals surface area (Å²) in [4.78, 5) is 24.1. The van der Waals surface area contributed by atoms with Crippen molar-refractivity contribution in [3.05, 3.63) is 47.5 Å². The van der Waals surface area contributed by atoms with Crippen molar-refractivity contribution in [1.82, 2.24) is 0 Å². The molecule has 1 heterocycles. The Kier molecular flexibility index (Phi) is 4.12. The van der Waals surface area contributed by atoms with Crippen LogP contribution in [0.2, 0.25) is 0 Å². The van der Waals surface area contributed by atoms with Gasteiger partial charge in [-0.05, 0) is 49.7 Å². The lowest BCUT2D eigenvalue weighted by Crippen LogP contribution is -2.34. The molecule has 0 aromatic heterocycles. The van der Waals surface area contributed by atoms with Gasteiger partial charge in [-0.25, -0.2) is 0 Å². The van der Waals surface area contributed by atoms with Crippen LogP contribution in [-0.2, 0) is 4.79 Å². The minimum atomic E-state index is -0.530. The Morgan fingerprint density at radius 1 is 1.25 bits per heavy atom. The maximum absolute atomic E-state index is 12.4. The van der Waals surface area contributed by atoms with Gasteiger partial charge in [0.15, 0.2) is 6.10 Å². The van der Waals surface area contributed by atoms with Crippen LogP contribution in [0.15, 0.2) is 36.4 Å². The predicted octanol–water partition coefficient (Wildman–Crippen LogP) is 2.98. The molecule has 6 nitrogen and oxygen atoms in total. The highest BCUT2D eigenvalue weighted by Crippen LogP contribution is 2.32. The minimum Gasteiger partial charge on any atom is -0.496 e. The van der Waals surface area contributed by atoms with Gasteiger partial charge >= 0.3 is 0 Å². The van der Waals surface area contributed by atoms with E-state index in [1.54, 1.807) is 44.4 Å². The highest BCUT2D eigenvalue weighted by Gasteiger charge is 2.23. The molecule has 0 saturated carbocycles. The molecule has 2 aromatic carbocycles. The van der Waals surface area contributed by atoms with Crippen LogP contribution in [-0.4, -0.2) is 25.0 Å². The summed E-state index contributed by atoms with van der Waals surface area (Å²) in [6, 6.07) is 10.4. The quantitative estimate of drug-likeness (QED) is 0.909. The van der Waals surface area contributed by atoms with E-state index in [0.29, 0.717) is 28.4 Å². The molecule has 1 aliphatic rings. The van der Waals surface area contributed by atoms with E-state index < -0.39 is 6.10 Å². The van der Waals surface area contributed by atoms with Gasteiger partial charge in [-0.3, -0.25) is 9.59 Å². The fourth-order valence-electron chi connectivity index (χ4n) is 2.45. The van der Waals surface area contributed by atoms with Crippen LogP contribution in [0.5, 0.6) is 11.5 Å². The van der Waals surface area contributed by atoms with Crippen molar-refractivity contribution in [1.29, 1.82) is 0 Å². The number of methoxy groups -OCH3 is 1. The van der Waals surface area contributed by atoms with Crippen molar-refractivity contribution in [2.75, 3.05) is 17.7 Å². The third-order valence-electron chi connectivity index (χ3n) is 3.84. The molecule has 24 heavy (non-hydrogen) atoms. The molecule has 1 atom stereocenters. The Hall–Kier alpha value is -3.02. The highest BCUT2D eigenvalue weighted by molar-refractivity contribution is 6.05. The molecule has 1 unspecified atom stereocenters. The van der Waals surface area contributed by atoms with E-state index in [4.69, 9.17) is 9.47 Å². The van der Waals surface area contributed by atoms with Crippen LogP contribution in [0, 0.1) is 6.92 Å². The molecule has 1 aliphatic heterocycles. The molecule has 2 N–H and O–H groups in total. The predicted molar refractivity (Wildman–Crippen MR) is 90.8 cm³/mol. The van der Waals surface area contributed by atoms with E-state index in [2.05, 4.69) is 10.6 Å². The molecule has 0 bridgehead atoms. The van der Waals surface area contributed by atoms with Crippen LogP contribution >= 0.6 is 0 Å². The summed E-state index contributed by atoms with van der Waals surface area (Å²) in [5, 5.41) is 5.56. The van der Waals surface area contributed by atoms with Gasteiger partial charge in [0.25, 0.3) is 11.8 Å². The number of amides is 2. The van der Waals surface area contributed by atoms with Gasteiger partial charge in [0.1, 0.15) is 11.5 Å². The Bertz CT molecular complexity index is 817. The molecule has 124 valence electrons. The summed E-state index contributed by atoms with van der Waals surface area (Å²) in [6.07, 6.45) is -0.530. The first-order valence-corrected chi connectivity index (χ1v) is 7.55. The zero-order valence-corrected chi connectivity index (χ0v) is 13.7. The third-order valence-corrected chi connectivity index (χ3v) is 3.84. The topological polar surface area (TPSA) is 76.7 Å². The van der Waals surface area contributed by atoms with E-state index >= 15 is 0 Å². The number of benzene rings is 2. The van der Waals surface area contributed by atoms with E-state index in [9.17, 15) is 9.59 Å². The number of hydrogen-bond donors (Lipinski definition) is 2. The lowest BCUT2D eigenvalue weighted by atomic mass is 10.1. The first-order valence-electron chi connectivity index (χ1n) is 7.55. The second-order valence-corrected chi connectivity index (χ2v) is 5.60. The molecule has 0 saturated heterocycles. The number of carbonyl (C=O) groups is 2. The Morgan fingerprint density at radius 2 is 2.04 bits per heavy atom. The fraction of sp³-hybridized carbons (Fsp3) is 0.222. The maximum atomic E-state index is 12.4. The fourth-order valence-corrected chi connectivity index (χ4v) is 2.45. The van der Waals surface area contributed by atoms with Gasteiger partial charge < -0.3 is 20.1 Å². The average molecular weight is 326 g/mol. The number of ether oxygens (including phenoxy) is 2. The number of hydrogen-bond acceptors (Lipinski definition) is 4. The summed E-state index contributed by atoms with van der Waals surface area (Å²) in [7, 11) is 1.57. The molecular weight excluding hydrogens is 308 g/mol. The monoisotopic (exact) mass is 326 g/mol. The van der Waals surface area contributed by atoms with Crippen molar-refractivity contribution < 1.29 is 19.1 Å². The molecule has 0 fully saturated rings. The van der Waals surface area contributed by atoms with Crippen LogP contribution in [0.3, 0.4) is 0 Å². The molecule has 0 aliphatic carbocycles. The lowest BCUT2D eigenvalue weighted by Gasteiger charge is -2.23. The zero-order valence-electron chi connectivity index (χ0n) is 13.7. The van der Waals surface area contributed by atoms with E-state index in [1.807, 2.05) is 13.0 Å².